The minimum absolute atomic E-state index is 0.0937. The Morgan fingerprint density at radius 1 is 1.12 bits per heavy atom. The van der Waals surface area contributed by atoms with Crippen LogP contribution in [0.2, 0.25) is 5.02 Å². The Bertz CT molecular complexity index is 912. The van der Waals surface area contributed by atoms with E-state index in [2.05, 4.69) is 10.2 Å². The van der Waals surface area contributed by atoms with Gasteiger partial charge in [-0.3, -0.25) is 4.79 Å². The second kappa shape index (κ2) is 8.25. The lowest BCUT2D eigenvalue weighted by Gasteiger charge is -2.04. The van der Waals surface area contributed by atoms with E-state index < -0.39 is 0 Å². The molecule has 0 atom stereocenters. The van der Waals surface area contributed by atoms with Crippen molar-refractivity contribution < 1.29 is 18.7 Å². The minimum atomic E-state index is -0.0937. The summed E-state index contributed by atoms with van der Waals surface area (Å²) < 4.78 is 15.8. The average Bonchev–Trinajstić information content (AvgIpc) is 3.15. The monoisotopic (exact) mass is 390 g/mol. The van der Waals surface area contributed by atoms with E-state index >= 15 is 0 Å². The molecule has 0 fully saturated rings. The highest BCUT2D eigenvalue weighted by atomic mass is 35.5. The number of halogens is 1. The normalized spacial score (nSPS) is 10.6. The first-order valence-corrected chi connectivity index (χ1v) is 8.94. The minimum Gasteiger partial charge on any atom is -0.497 e. The summed E-state index contributed by atoms with van der Waals surface area (Å²) in [6.45, 7) is 0. The van der Waals surface area contributed by atoms with Crippen molar-refractivity contribution in [1.82, 2.24) is 10.2 Å². The standard InChI is InChI=1S/C18H15ClN2O4S/c1-23-13-6-3-11(4-7-13)17-20-21-18(25-17)26-10-15(22)12-5-8-16(24-2)14(19)9-12/h3-9H,10H2,1-2H3. The zero-order valence-corrected chi connectivity index (χ0v) is 15.6. The molecule has 0 radical (unpaired) electrons. The van der Waals surface area contributed by atoms with Gasteiger partial charge in [-0.25, -0.2) is 0 Å². The van der Waals surface area contributed by atoms with Gasteiger partial charge < -0.3 is 13.9 Å². The molecule has 0 saturated heterocycles. The number of thioether (sulfide) groups is 1. The van der Waals surface area contributed by atoms with Crippen molar-refractivity contribution in [2.45, 2.75) is 5.22 Å². The van der Waals surface area contributed by atoms with Gasteiger partial charge in [0.2, 0.25) is 5.89 Å². The van der Waals surface area contributed by atoms with E-state index in [1.54, 1.807) is 25.3 Å². The SMILES string of the molecule is COc1ccc(-c2nnc(SCC(=O)c3ccc(OC)c(Cl)c3)o2)cc1. The van der Waals surface area contributed by atoms with Gasteiger partial charge in [0.05, 0.1) is 25.0 Å². The predicted molar refractivity (Wildman–Crippen MR) is 99.3 cm³/mol. The Morgan fingerprint density at radius 2 is 1.88 bits per heavy atom. The first-order chi connectivity index (χ1) is 12.6. The lowest BCUT2D eigenvalue weighted by atomic mass is 10.1. The van der Waals surface area contributed by atoms with E-state index in [0.29, 0.717) is 27.4 Å². The van der Waals surface area contributed by atoms with Gasteiger partial charge in [0.1, 0.15) is 11.5 Å². The zero-order valence-electron chi connectivity index (χ0n) is 14.1. The number of carbonyl (C=O) groups is 1. The number of hydrogen-bond donors (Lipinski definition) is 0. The summed E-state index contributed by atoms with van der Waals surface area (Å²) in [7, 11) is 3.12. The fourth-order valence-corrected chi connectivity index (χ4v) is 3.08. The van der Waals surface area contributed by atoms with Crippen LogP contribution in [-0.4, -0.2) is 36.0 Å². The second-order valence-electron chi connectivity index (χ2n) is 5.16. The van der Waals surface area contributed by atoms with Crippen LogP contribution in [0.3, 0.4) is 0 Å². The second-order valence-corrected chi connectivity index (χ2v) is 6.50. The molecule has 3 rings (SSSR count). The van der Waals surface area contributed by atoms with E-state index in [9.17, 15) is 4.79 Å². The van der Waals surface area contributed by atoms with Gasteiger partial charge in [-0.05, 0) is 42.5 Å². The molecule has 1 heterocycles. The highest BCUT2D eigenvalue weighted by molar-refractivity contribution is 7.99. The number of Topliss-reactive ketones (excluding diaryl/α,β-unsaturated/α-hetero) is 1. The molecular weight excluding hydrogens is 376 g/mol. The molecule has 26 heavy (non-hydrogen) atoms. The Kier molecular flexibility index (Phi) is 5.80. The van der Waals surface area contributed by atoms with Crippen molar-refractivity contribution in [2.75, 3.05) is 20.0 Å². The Morgan fingerprint density at radius 3 is 2.54 bits per heavy atom. The maximum Gasteiger partial charge on any atom is 0.277 e. The van der Waals surface area contributed by atoms with E-state index in [1.807, 2.05) is 24.3 Å². The number of benzene rings is 2. The maximum absolute atomic E-state index is 12.3. The Hall–Kier alpha value is -2.51. The molecule has 0 spiro atoms. The van der Waals surface area contributed by atoms with Gasteiger partial charge in [-0.2, -0.15) is 0 Å². The largest absolute Gasteiger partial charge is 0.497 e. The molecule has 1 aromatic heterocycles. The number of aromatic nitrogens is 2. The van der Waals surface area contributed by atoms with Crippen LogP contribution in [0.5, 0.6) is 11.5 Å². The molecule has 0 aliphatic carbocycles. The lowest BCUT2D eigenvalue weighted by Crippen LogP contribution is -2.02. The third kappa shape index (κ3) is 4.17. The number of ether oxygens (including phenoxy) is 2. The first kappa shape index (κ1) is 18.3. The van der Waals surface area contributed by atoms with Crippen molar-refractivity contribution >= 4 is 29.1 Å². The van der Waals surface area contributed by atoms with E-state index in [-0.39, 0.29) is 11.5 Å². The Labute approximate surface area is 159 Å². The summed E-state index contributed by atoms with van der Waals surface area (Å²) >= 11 is 7.22. The molecule has 0 aliphatic heterocycles. The van der Waals surface area contributed by atoms with Crippen LogP contribution in [0.1, 0.15) is 10.4 Å². The van der Waals surface area contributed by atoms with E-state index in [0.717, 1.165) is 11.3 Å². The number of carbonyl (C=O) groups excluding carboxylic acids is 1. The zero-order chi connectivity index (χ0) is 18.5. The van der Waals surface area contributed by atoms with Gasteiger partial charge in [-0.15, -0.1) is 10.2 Å². The quantitative estimate of drug-likeness (QED) is 0.437. The summed E-state index contributed by atoms with van der Waals surface area (Å²) in [5.41, 5.74) is 1.27. The molecule has 8 heteroatoms. The number of nitrogens with zero attached hydrogens (tertiary/aromatic N) is 2. The third-order valence-electron chi connectivity index (χ3n) is 3.54. The van der Waals surface area contributed by atoms with Gasteiger partial charge in [-0.1, -0.05) is 23.4 Å². The van der Waals surface area contributed by atoms with Crippen LogP contribution in [0.25, 0.3) is 11.5 Å². The molecular formula is C18H15ClN2O4S. The Balaban J connectivity index is 1.64. The van der Waals surface area contributed by atoms with Crippen LogP contribution < -0.4 is 9.47 Å². The summed E-state index contributed by atoms with van der Waals surface area (Å²) in [5, 5.41) is 8.68. The number of ketones is 1. The molecule has 0 bridgehead atoms. The molecule has 134 valence electrons. The molecule has 0 saturated carbocycles. The fraction of sp³-hybridized carbons (Fsp3) is 0.167. The fourth-order valence-electron chi connectivity index (χ4n) is 2.17. The number of methoxy groups -OCH3 is 2. The smallest absolute Gasteiger partial charge is 0.277 e. The average molecular weight is 391 g/mol. The van der Waals surface area contributed by atoms with E-state index in [1.165, 1.54) is 18.9 Å². The van der Waals surface area contributed by atoms with Crippen molar-refractivity contribution in [1.29, 1.82) is 0 Å². The van der Waals surface area contributed by atoms with Gasteiger partial charge in [0.15, 0.2) is 5.78 Å². The van der Waals surface area contributed by atoms with E-state index in [4.69, 9.17) is 25.5 Å². The molecule has 0 aliphatic rings. The molecule has 6 nitrogen and oxygen atoms in total. The number of hydrogen-bond acceptors (Lipinski definition) is 7. The first-order valence-electron chi connectivity index (χ1n) is 7.58. The molecule has 0 N–H and O–H groups in total. The van der Waals surface area contributed by atoms with Crippen molar-refractivity contribution in [3.05, 3.63) is 53.1 Å². The topological polar surface area (TPSA) is 74.5 Å². The third-order valence-corrected chi connectivity index (χ3v) is 4.66. The highest BCUT2D eigenvalue weighted by Crippen LogP contribution is 2.27. The summed E-state index contributed by atoms with van der Waals surface area (Å²) in [6, 6.07) is 12.2. The molecule has 0 unspecified atom stereocenters. The molecule has 0 amide bonds. The van der Waals surface area contributed by atoms with Crippen molar-refractivity contribution in [3.8, 4) is 23.0 Å². The molecule has 2 aromatic carbocycles. The van der Waals surface area contributed by atoms with Gasteiger partial charge >= 0.3 is 0 Å². The number of rotatable bonds is 7. The van der Waals surface area contributed by atoms with Crippen LogP contribution in [-0.2, 0) is 0 Å². The van der Waals surface area contributed by atoms with Crippen LogP contribution in [0.4, 0.5) is 0 Å². The van der Waals surface area contributed by atoms with Crippen molar-refractivity contribution in [2.24, 2.45) is 0 Å². The highest BCUT2D eigenvalue weighted by Gasteiger charge is 2.14. The van der Waals surface area contributed by atoms with Crippen LogP contribution >= 0.6 is 23.4 Å². The summed E-state index contributed by atoms with van der Waals surface area (Å²) in [6.07, 6.45) is 0. The lowest BCUT2D eigenvalue weighted by molar-refractivity contribution is 0.102. The molecule has 3 aromatic rings. The summed E-state index contributed by atoms with van der Waals surface area (Å²) in [4.78, 5) is 12.3. The summed E-state index contributed by atoms with van der Waals surface area (Å²) in [5.74, 6) is 1.72. The van der Waals surface area contributed by atoms with Crippen LogP contribution in [0.15, 0.2) is 52.1 Å². The van der Waals surface area contributed by atoms with Gasteiger partial charge in [0.25, 0.3) is 5.22 Å². The van der Waals surface area contributed by atoms with Gasteiger partial charge in [0, 0.05) is 11.1 Å². The maximum atomic E-state index is 12.3. The van der Waals surface area contributed by atoms with Crippen LogP contribution in [0, 0.1) is 0 Å². The van der Waals surface area contributed by atoms with Crippen molar-refractivity contribution in [3.63, 3.8) is 0 Å². The predicted octanol–water partition coefficient (Wildman–Crippen LogP) is 4.38.